The van der Waals surface area contributed by atoms with Crippen LogP contribution in [0.1, 0.15) is 12.8 Å². The van der Waals surface area contributed by atoms with Crippen molar-refractivity contribution in [3.05, 3.63) is 31.5 Å². The van der Waals surface area contributed by atoms with Gasteiger partial charge in [-0.05, 0) is 12.8 Å². The van der Waals surface area contributed by atoms with Crippen molar-refractivity contribution >= 4 is 0 Å². The molecule has 1 aromatic heterocycles. The number of rotatable bonds is 8. The molecule has 150 valence electrons. The number of aromatic amines is 2. The molecule has 3 unspecified atom stereocenters. The van der Waals surface area contributed by atoms with Gasteiger partial charge < -0.3 is 19.3 Å². The number of hydrogen-bond donors (Lipinski definition) is 3. The highest BCUT2D eigenvalue weighted by Crippen LogP contribution is 2.39. The minimum absolute atomic E-state index is 0.0341. The Bertz CT molecular complexity index is 784. The van der Waals surface area contributed by atoms with Crippen molar-refractivity contribution in [3.63, 3.8) is 0 Å². The second-order valence-corrected chi connectivity index (χ2v) is 7.34. The normalized spacial score (nSPS) is 28.5. The van der Waals surface area contributed by atoms with Crippen LogP contribution in [0, 0.1) is 0 Å². The fraction of sp³-hybridized carbons (Fsp3) is 0.812. The number of ether oxygens (including phenoxy) is 3. The van der Waals surface area contributed by atoms with Crippen LogP contribution in [0.4, 0.5) is 0 Å². The molecule has 0 aliphatic carbocycles. The second kappa shape index (κ2) is 7.32. The van der Waals surface area contributed by atoms with Gasteiger partial charge in [-0.25, -0.2) is 19.0 Å². The van der Waals surface area contributed by atoms with E-state index in [1.54, 1.807) is 0 Å². The van der Waals surface area contributed by atoms with Crippen LogP contribution in [-0.2, 0) is 20.8 Å². The number of hydrogen-bond acceptors (Lipinski definition) is 8. The van der Waals surface area contributed by atoms with E-state index < -0.39 is 28.7 Å². The smallest absolute Gasteiger partial charge is 0.333 e. The summed E-state index contributed by atoms with van der Waals surface area (Å²) in [5.41, 5.74) is -3.27. The first-order valence-electron chi connectivity index (χ1n) is 9.15. The molecular weight excluding hydrogens is 360 g/mol. The molecule has 0 spiro atoms. The van der Waals surface area contributed by atoms with E-state index in [2.05, 4.69) is 4.90 Å². The number of aliphatic hydroxyl groups is 1. The number of aliphatic hydroxyl groups excluding tert-OH is 1. The third-order valence-electron chi connectivity index (χ3n) is 5.51. The van der Waals surface area contributed by atoms with Crippen LogP contribution in [0.15, 0.2) is 14.4 Å². The van der Waals surface area contributed by atoms with Crippen LogP contribution >= 0.6 is 0 Å². The number of nitrogens with one attached hydrogen (secondary N) is 2. The molecule has 3 aliphatic rings. The molecule has 0 aromatic carbocycles. The maximum absolute atomic E-state index is 12.1. The average molecular weight is 384 g/mol. The van der Waals surface area contributed by atoms with Crippen molar-refractivity contribution in [2.24, 2.45) is 0 Å². The van der Waals surface area contributed by atoms with E-state index in [1.807, 2.05) is 9.97 Å². The SMILES string of the molecule is O=c1[nH]c(=O)n(CC(O)C(CC2CO2)(CC2CO2)N2CCOCC2)c(=O)[nH]1. The molecule has 3 saturated heterocycles. The Labute approximate surface area is 153 Å². The van der Waals surface area contributed by atoms with Gasteiger partial charge >= 0.3 is 17.1 Å². The molecule has 11 nitrogen and oxygen atoms in total. The number of morpholine rings is 1. The standard InChI is InChI=1S/C16H24N4O7/c21-12(7-20-14(23)17-13(22)18-15(20)24)16(5-10-8-26-10,6-11-9-27-11)19-1-3-25-4-2-19/h10-12,21H,1-9H2,(H2,17,18,22,23,24). The van der Waals surface area contributed by atoms with E-state index in [9.17, 15) is 19.5 Å². The van der Waals surface area contributed by atoms with Gasteiger partial charge in [0, 0.05) is 13.1 Å². The summed E-state index contributed by atoms with van der Waals surface area (Å²) in [6, 6.07) is 0. The van der Waals surface area contributed by atoms with Crippen molar-refractivity contribution in [2.45, 2.75) is 43.2 Å². The fourth-order valence-electron chi connectivity index (χ4n) is 3.95. The molecule has 0 amide bonds. The summed E-state index contributed by atoms with van der Waals surface area (Å²) in [5.74, 6) is 0. The average Bonchev–Trinajstić information content (AvgIpc) is 3.55. The summed E-state index contributed by atoms with van der Waals surface area (Å²) in [7, 11) is 0. The van der Waals surface area contributed by atoms with Crippen LogP contribution in [0.25, 0.3) is 0 Å². The first-order valence-corrected chi connectivity index (χ1v) is 9.15. The van der Waals surface area contributed by atoms with Crippen LogP contribution in [-0.4, -0.2) is 87.9 Å². The summed E-state index contributed by atoms with van der Waals surface area (Å²) in [6.07, 6.45) is 0.181. The molecule has 3 aliphatic heterocycles. The number of aromatic nitrogens is 3. The van der Waals surface area contributed by atoms with E-state index >= 15 is 0 Å². The minimum Gasteiger partial charge on any atom is -0.389 e. The summed E-state index contributed by atoms with van der Waals surface area (Å²) in [5, 5.41) is 11.2. The summed E-state index contributed by atoms with van der Waals surface area (Å²) in [4.78, 5) is 41.6. The second-order valence-electron chi connectivity index (χ2n) is 7.34. The predicted molar refractivity (Wildman–Crippen MR) is 91.8 cm³/mol. The molecule has 0 radical (unpaired) electrons. The lowest BCUT2D eigenvalue weighted by molar-refractivity contribution is -0.0965. The molecule has 3 atom stereocenters. The molecule has 27 heavy (non-hydrogen) atoms. The maximum Gasteiger partial charge on any atom is 0.333 e. The lowest BCUT2D eigenvalue weighted by Gasteiger charge is -2.48. The van der Waals surface area contributed by atoms with Crippen molar-refractivity contribution in [2.75, 3.05) is 39.5 Å². The van der Waals surface area contributed by atoms with E-state index in [4.69, 9.17) is 14.2 Å². The number of H-pyrrole nitrogens is 2. The Balaban J connectivity index is 1.66. The zero-order valence-electron chi connectivity index (χ0n) is 14.9. The van der Waals surface area contributed by atoms with Crippen LogP contribution in [0.3, 0.4) is 0 Å². The quantitative estimate of drug-likeness (QED) is 0.409. The van der Waals surface area contributed by atoms with Gasteiger partial charge in [-0.1, -0.05) is 0 Å². The van der Waals surface area contributed by atoms with Gasteiger partial charge in [-0.3, -0.25) is 14.9 Å². The van der Waals surface area contributed by atoms with Gasteiger partial charge in [0.1, 0.15) is 0 Å². The Hall–Kier alpha value is -1.79. The van der Waals surface area contributed by atoms with E-state index in [0.717, 1.165) is 4.57 Å². The summed E-state index contributed by atoms with van der Waals surface area (Å²) >= 11 is 0. The molecule has 11 heteroatoms. The largest absolute Gasteiger partial charge is 0.389 e. The molecular formula is C16H24N4O7. The van der Waals surface area contributed by atoms with Crippen LogP contribution in [0.2, 0.25) is 0 Å². The van der Waals surface area contributed by atoms with Gasteiger partial charge in [-0.15, -0.1) is 0 Å². The Kier molecular flexibility index (Phi) is 5.03. The number of nitrogens with zero attached hydrogens (tertiary/aromatic N) is 2. The molecule has 0 bridgehead atoms. The maximum atomic E-state index is 12.1. The lowest BCUT2D eigenvalue weighted by atomic mass is 9.80. The topological polar surface area (TPSA) is 145 Å². The van der Waals surface area contributed by atoms with E-state index in [1.165, 1.54) is 0 Å². The molecule has 3 N–H and O–H groups in total. The predicted octanol–water partition coefficient (Wildman–Crippen LogP) is -2.77. The molecule has 3 fully saturated rings. The lowest BCUT2D eigenvalue weighted by Crippen LogP contribution is -2.63. The van der Waals surface area contributed by atoms with Gasteiger partial charge in [0.15, 0.2) is 0 Å². The van der Waals surface area contributed by atoms with Crippen molar-refractivity contribution < 1.29 is 19.3 Å². The van der Waals surface area contributed by atoms with Gasteiger partial charge in [-0.2, -0.15) is 0 Å². The van der Waals surface area contributed by atoms with Gasteiger partial charge in [0.25, 0.3) is 0 Å². The van der Waals surface area contributed by atoms with Crippen molar-refractivity contribution in [1.29, 1.82) is 0 Å². The molecule has 4 heterocycles. The third kappa shape index (κ3) is 4.06. The van der Waals surface area contributed by atoms with Crippen LogP contribution < -0.4 is 17.1 Å². The monoisotopic (exact) mass is 384 g/mol. The summed E-state index contributed by atoms with van der Waals surface area (Å²) < 4.78 is 17.1. The fourth-order valence-corrected chi connectivity index (χ4v) is 3.95. The highest BCUT2D eigenvalue weighted by Gasteiger charge is 2.51. The van der Waals surface area contributed by atoms with Gasteiger partial charge in [0.2, 0.25) is 0 Å². The van der Waals surface area contributed by atoms with Crippen molar-refractivity contribution in [3.8, 4) is 0 Å². The Morgan fingerprint density at radius 1 is 1.04 bits per heavy atom. The zero-order valence-corrected chi connectivity index (χ0v) is 14.9. The first-order chi connectivity index (χ1) is 13.0. The molecule has 1 aromatic rings. The van der Waals surface area contributed by atoms with E-state index in [0.29, 0.717) is 52.4 Å². The van der Waals surface area contributed by atoms with E-state index in [-0.39, 0.29) is 18.8 Å². The van der Waals surface area contributed by atoms with Crippen LogP contribution in [0.5, 0.6) is 0 Å². The highest BCUT2D eigenvalue weighted by atomic mass is 16.6. The zero-order chi connectivity index (χ0) is 19.0. The Morgan fingerprint density at radius 2 is 1.56 bits per heavy atom. The summed E-state index contributed by atoms with van der Waals surface area (Å²) in [6.45, 7) is 3.38. The Morgan fingerprint density at radius 3 is 2.04 bits per heavy atom. The number of epoxide rings is 2. The minimum atomic E-state index is -1.03. The highest BCUT2D eigenvalue weighted by molar-refractivity contribution is 5.04. The van der Waals surface area contributed by atoms with Crippen molar-refractivity contribution in [1.82, 2.24) is 19.4 Å². The first kappa shape index (κ1) is 18.6. The molecule has 4 rings (SSSR count). The van der Waals surface area contributed by atoms with Gasteiger partial charge in [0.05, 0.1) is 56.8 Å². The molecule has 0 saturated carbocycles. The third-order valence-corrected chi connectivity index (χ3v) is 5.51.